The molecule has 0 bridgehead atoms. The summed E-state index contributed by atoms with van der Waals surface area (Å²) >= 11 is 4.79. The second kappa shape index (κ2) is 10.7. The molecule has 0 atom stereocenters. The smallest absolute Gasteiger partial charge is 0.262 e. The van der Waals surface area contributed by atoms with E-state index in [-0.39, 0.29) is 18.4 Å². The topological polar surface area (TPSA) is 67.4 Å². The van der Waals surface area contributed by atoms with Gasteiger partial charge in [-0.3, -0.25) is 9.59 Å². The van der Waals surface area contributed by atoms with Crippen molar-refractivity contribution in [2.24, 2.45) is 0 Å². The van der Waals surface area contributed by atoms with Gasteiger partial charge < -0.3 is 15.4 Å². The largest absolute Gasteiger partial charge is 0.484 e. The van der Waals surface area contributed by atoms with Crippen LogP contribution in [-0.4, -0.2) is 24.2 Å². The first-order valence-corrected chi connectivity index (χ1v) is 10.6. The van der Waals surface area contributed by atoms with Gasteiger partial charge in [-0.25, -0.2) is 0 Å². The Morgan fingerprint density at radius 2 is 1.38 bits per heavy atom. The molecule has 29 heavy (non-hydrogen) atoms. The van der Waals surface area contributed by atoms with Gasteiger partial charge in [-0.2, -0.15) is 0 Å². The van der Waals surface area contributed by atoms with Crippen molar-refractivity contribution in [2.45, 2.75) is 4.90 Å². The summed E-state index contributed by atoms with van der Waals surface area (Å²) in [5.74, 6) is 0.638. The van der Waals surface area contributed by atoms with Crippen molar-refractivity contribution in [3.05, 3.63) is 83.3 Å². The van der Waals surface area contributed by atoms with Crippen LogP contribution < -0.4 is 15.4 Å². The highest BCUT2D eigenvalue weighted by molar-refractivity contribution is 9.10. The van der Waals surface area contributed by atoms with E-state index in [1.54, 1.807) is 24.3 Å². The molecule has 3 aromatic carbocycles. The van der Waals surface area contributed by atoms with Crippen LogP contribution in [0.1, 0.15) is 0 Å². The molecule has 0 aliphatic rings. The van der Waals surface area contributed by atoms with Crippen LogP contribution in [0, 0.1) is 0 Å². The lowest BCUT2D eigenvalue weighted by atomic mass is 10.3. The SMILES string of the molecule is O=C(COc1ccccc1)Nc1ccc(SCC(=O)Nc2ccc(Br)cc2)cc1. The minimum atomic E-state index is -0.233. The van der Waals surface area contributed by atoms with Gasteiger partial charge in [0.15, 0.2) is 6.61 Å². The fourth-order valence-corrected chi connectivity index (χ4v) is 3.34. The van der Waals surface area contributed by atoms with Crippen molar-refractivity contribution in [1.29, 1.82) is 0 Å². The van der Waals surface area contributed by atoms with Gasteiger partial charge in [0.25, 0.3) is 5.91 Å². The number of carbonyl (C=O) groups excluding carboxylic acids is 2. The van der Waals surface area contributed by atoms with Crippen LogP contribution in [-0.2, 0) is 9.59 Å². The molecule has 2 N–H and O–H groups in total. The molecule has 0 heterocycles. The maximum Gasteiger partial charge on any atom is 0.262 e. The Hall–Kier alpha value is -2.77. The predicted octanol–water partition coefficient (Wildman–Crippen LogP) is 5.20. The van der Waals surface area contributed by atoms with Crippen molar-refractivity contribution in [2.75, 3.05) is 23.0 Å². The summed E-state index contributed by atoms with van der Waals surface area (Å²) in [6.45, 7) is -0.0588. The fourth-order valence-electron chi connectivity index (χ4n) is 2.38. The molecule has 3 aromatic rings. The van der Waals surface area contributed by atoms with E-state index in [1.807, 2.05) is 54.6 Å². The molecule has 0 saturated carbocycles. The third kappa shape index (κ3) is 7.29. The van der Waals surface area contributed by atoms with E-state index < -0.39 is 0 Å². The number of anilines is 2. The molecule has 5 nitrogen and oxygen atoms in total. The van der Waals surface area contributed by atoms with Crippen molar-refractivity contribution in [1.82, 2.24) is 0 Å². The molecule has 0 spiro atoms. The van der Waals surface area contributed by atoms with Crippen molar-refractivity contribution in [3.63, 3.8) is 0 Å². The summed E-state index contributed by atoms with van der Waals surface area (Å²) in [6.07, 6.45) is 0. The van der Waals surface area contributed by atoms with Gasteiger partial charge >= 0.3 is 0 Å². The molecule has 0 saturated heterocycles. The second-order valence-corrected chi connectivity index (χ2v) is 7.98. The predicted molar refractivity (Wildman–Crippen MR) is 121 cm³/mol. The molecule has 7 heteroatoms. The zero-order chi connectivity index (χ0) is 20.5. The summed E-state index contributed by atoms with van der Waals surface area (Å²) in [6, 6.07) is 23.9. The third-order valence-electron chi connectivity index (χ3n) is 3.75. The monoisotopic (exact) mass is 470 g/mol. The minimum Gasteiger partial charge on any atom is -0.484 e. The number of para-hydroxylation sites is 1. The fraction of sp³-hybridized carbons (Fsp3) is 0.0909. The lowest BCUT2D eigenvalue weighted by molar-refractivity contribution is -0.118. The lowest BCUT2D eigenvalue weighted by Gasteiger charge is -2.08. The van der Waals surface area contributed by atoms with Crippen molar-refractivity contribution in [3.8, 4) is 5.75 Å². The number of halogens is 1. The first-order valence-electron chi connectivity index (χ1n) is 8.84. The highest BCUT2D eigenvalue weighted by atomic mass is 79.9. The number of amides is 2. The van der Waals surface area contributed by atoms with E-state index in [9.17, 15) is 9.59 Å². The summed E-state index contributed by atoms with van der Waals surface area (Å²) in [7, 11) is 0. The van der Waals surface area contributed by atoms with Crippen LogP contribution in [0.5, 0.6) is 5.75 Å². The summed E-state index contributed by atoms with van der Waals surface area (Å²) < 4.78 is 6.38. The van der Waals surface area contributed by atoms with Crippen LogP contribution in [0.3, 0.4) is 0 Å². The summed E-state index contributed by atoms with van der Waals surface area (Å²) in [4.78, 5) is 25.0. The molecule has 0 aliphatic carbocycles. The zero-order valence-corrected chi connectivity index (χ0v) is 17.8. The van der Waals surface area contributed by atoms with Gasteiger partial charge in [0.1, 0.15) is 5.75 Å². The van der Waals surface area contributed by atoms with E-state index in [0.717, 1.165) is 15.1 Å². The van der Waals surface area contributed by atoms with Crippen LogP contribution in [0.4, 0.5) is 11.4 Å². The highest BCUT2D eigenvalue weighted by Gasteiger charge is 2.06. The van der Waals surface area contributed by atoms with Gasteiger partial charge in [0, 0.05) is 20.7 Å². The van der Waals surface area contributed by atoms with Gasteiger partial charge in [0.2, 0.25) is 5.91 Å². The first-order chi connectivity index (χ1) is 14.1. The number of carbonyl (C=O) groups is 2. The quantitative estimate of drug-likeness (QED) is 0.444. The van der Waals surface area contributed by atoms with E-state index in [4.69, 9.17) is 4.74 Å². The van der Waals surface area contributed by atoms with E-state index in [1.165, 1.54) is 11.8 Å². The maximum absolute atomic E-state index is 12.1. The Bertz CT molecular complexity index is 948. The lowest BCUT2D eigenvalue weighted by Crippen LogP contribution is -2.20. The number of nitrogens with one attached hydrogen (secondary N) is 2. The van der Waals surface area contributed by atoms with Gasteiger partial charge in [0.05, 0.1) is 5.75 Å². The number of ether oxygens (including phenoxy) is 1. The van der Waals surface area contributed by atoms with E-state index >= 15 is 0 Å². The summed E-state index contributed by atoms with van der Waals surface area (Å²) in [5.41, 5.74) is 1.44. The molecule has 0 aliphatic heterocycles. The Balaban J connectivity index is 1.41. The molecular formula is C22H19BrN2O3S. The normalized spacial score (nSPS) is 10.2. The molecule has 2 amide bonds. The van der Waals surface area contributed by atoms with Crippen LogP contribution >= 0.6 is 27.7 Å². The van der Waals surface area contributed by atoms with Crippen LogP contribution in [0.25, 0.3) is 0 Å². The molecule has 148 valence electrons. The number of hydrogen-bond donors (Lipinski definition) is 2. The van der Waals surface area contributed by atoms with Gasteiger partial charge in [-0.1, -0.05) is 34.1 Å². The highest BCUT2D eigenvalue weighted by Crippen LogP contribution is 2.21. The van der Waals surface area contributed by atoms with E-state index in [2.05, 4.69) is 26.6 Å². The Morgan fingerprint density at radius 3 is 2.03 bits per heavy atom. The van der Waals surface area contributed by atoms with Crippen molar-refractivity contribution < 1.29 is 14.3 Å². The molecule has 3 rings (SSSR count). The van der Waals surface area contributed by atoms with Gasteiger partial charge in [-0.05, 0) is 60.7 Å². The number of hydrogen-bond acceptors (Lipinski definition) is 4. The molecular weight excluding hydrogens is 452 g/mol. The standard InChI is InChI=1S/C22H19BrN2O3S/c23-16-6-8-17(9-7-16)25-22(27)15-29-20-12-10-18(11-13-20)24-21(26)14-28-19-4-2-1-3-5-19/h1-13H,14-15H2,(H,24,26)(H,25,27). The first kappa shape index (κ1) is 21.0. The molecule has 0 aromatic heterocycles. The molecule has 0 radical (unpaired) electrons. The Morgan fingerprint density at radius 1 is 0.793 bits per heavy atom. The van der Waals surface area contributed by atoms with Crippen molar-refractivity contribution >= 4 is 50.9 Å². The summed E-state index contributed by atoms with van der Waals surface area (Å²) in [5, 5.41) is 5.64. The Labute approximate surface area is 182 Å². The molecule has 0 fully saturated rings. The second-order valence-electron chi connectivity index (χ2n) is 6.02. The van der Waals surface area contributed by atoms with Crippen LogP contribution in [0.15, 0.2) is 88.2 Å². The van der Waals surface area contributed by atoms with E-state index in [0.29, 0.717) is 17.2 Å². The zero-order valence-electron chi connectivity index (χ0n) is 15.4. The van der Waals surface area contributed by atoms with Gasteiger partial charge in [-0.15, -0.1) is 11.8 Å². The minimum absolute atomic E-state index is 0.0588. The number of thioether (sulfide) groups is 1. The third-order valence-corrected chi connectivity index (χ3v) is 5.29. The molecule has 0 unspecified atom stereocenters. The average Bonchev–Trinajstić information content (AvgIpc) is 2.74. The number of benzene rings is 3. The number of rotatable bonds is 8. The average molecular weight is 471 g/mol. The maximum atomic E-state index is 12.1. The van der Waals surface area contributed by atoms with Crippen LogP contribution in [0.2, 0.25) is 0 Å². The Kier molecular flexibility index (Phi) is 7.72.